The molecule has 4 nitrogen and oxygen atoms in total. The fourth-order valence-electron chi connectivity index (χ4n) is 2.73. The number of carbonyl (C=O) groups is 1. The first-order valence-electron chi connectivity index (χ1n) is 7.66. The van der Waals surface area contributed by atoms with Crippen molar-refractivity contribution in [3.05, 3.63) is 59.9 Å². The van der Waals surface area contributed by atoms with Crippen LogP contribution in [0.25, 0.3) is 0 Å². The topological polar surface area (TPSA) is 45.5 Å². The van der Waals surface area contributed by atoms with Gasteiger partial charge in [-0.25, -0.2) is 0 Å². The Labute approximate surface area is 132 Å². The van der Waals surface area contributed by atoms with Crippen molar-refractivity contribution in [3.8, 4) is 0 Å². The Balaban J connectivity index is 2.28. The second-order valence-corrected chi connectivity index (χ2v) is 5.75. The second-order valence-electron chi connectivity index (χ2n) is 5.75. The van der Waals surface area contributed by atoms with E-state index >= 15 is 0 Å². The molecule has 1 amide bonds. The molecule has 0 aliphatic carbocycles. The van der Waals surface area contributed by atoms with Gasteiger partial charge in [0.1, 0.15) is 5.69 Å². The van der Waals surface area contributed by atoms with Crippen molar-refractivity contribution < 1.29 is 9.90 Å². The van der Waals surface area contributed by atoms with Crippen LogP contribution in [0.3, 0.4) is 0 Å². The van der Waals surface area contributed by atoms with Crippen molar-refractivity contribution in [1.82, 2.24) is 9.47 Å². The standard InChI is InChI=1S/C18H24N2O2/c1-14(2)20-12-7-10-17(20)18(22)19(3)16(11-13-21)15-8-5-4-6-9-15/h4-10,12,14,16,21H,11,13H2,1-3H3. The highest BCUT2D eigenvalue weighted by Gasteiger charge is 2.24. The molecule has 0 bridgehead atoms. The van der Waals surface area contributed by atoms with Gasteiger partial charge in [0.25, 0.3) is 5.91 Å². The van der Waals surface area contributed by atoms with Crippen LogP contribution >= 0.6 is 0 Å². The van der Waals surface area contributed by atoms with Gasteiger partial charge < -0.3 is 14.6 Å². The average Bonchev–Trinajstić information content (AvgIpc) is 3.02. The van der Waals surface area contributed by atoms with E-state index in [4.69, 9.17) is 0 Å². The van der Waals surface area contributed by atoms with E-state index in [0.29, 0.717) is 12.1 Å². The lowest BCUT2D eigenvalue weighted by Gasteiger charge is -2.29. The molecule has 1 aromatic heterocycles. The zero-order chi connectivity index (χ0) is 16.1. The lowest BCUT2D eigenvalue weighted by atomic mass is 10.0. The van der Waals surface area contributed by atoms with Crippen molar-refractivity contribution in [3.63, 3.8) is 0 Å². The Morgan fingerprint density at radius 1 is 1.18 bits per heavy atom. The first kappa shape index (κ1) is 16.3. The molecule has 2 rings (SSSR count). The maximum absolute atomic E-state index is 12.8. The summed E-state index contributed by atoms with van der Waals surface area (Å²) in [6.07, 6.45) is 2.45. The Hall–Kier alpha value is -2.07. The normalized spacial score (nSPS) is 12.4. The van der Waals surface area contributed by atoms with Gasteiger partial charge in [-0.05, 0) is 38.0 Å². The molecule has 2 aromatic rings. The number of nitrogens with zero attached hydrogens (tertiary/aromatic N) is 2. The first-order valence-corrected chi connectivity index (χ1v) is 7.66. The van der Waals surface area contributed by atoms with Gasteiger partial charge in [-0.15, -0.1) is 0 Å². The van der Waals surface area contributed by atoms with Gasteiger partial charge in [0, 0.05) is 25.9 Å². The van der Waals surface area contributed by atoms with E-state index in [1.165, 1.54) is 0 Å². The molecular weight excluding hydrogens is 276 g/mol. The number of aliphatic hydroxyl groups is 1. The molecule has 1 aromatic carbocycles. The molecule has 0 radical (unpaired) electrons. The molecule has 0 fully saturated rings. The summed E-state index contributed by atoms with van der Waals surface area (Å²) < 4.78 is 1.97. The Bertz CT molecular complexity index is 605. The number of aromatic nitrogens is 1. The third kappa shape index (κ3) is 3.39. The minimum Gasteiger partial charge on any atom is -0.396 e. The molecule has 4 heteroatoms. The van der Waals surface area contributed by atoms with Gasteiger partial charge in [-0.2, -0.15) is 0 Å². The highest BCUT2D eigenvalue weighted by Crippen LogP contribution is 2.25. The molecule has 118 valence electrons. The molecule has 1 atom stereocenters. The van der Waals surface area contributed by atoms with Crippen LogP contribution in [0.15, 0.2) is 48.7 Å². The van der Waals surface area contributed by atoms with E-state index in [1.807, 2.05) is 53.2 Å². The van der Waals surface area contributed by atoms with E-state index in [9.17, 15) is 9.90 Å². The molecule has 0 aliphatic rings. The van der Waals surface area contributed by atoms with Gasteiger partial charge in [0.15, 0.2) is 0 Å². The maximum Gasteiger partial charge on any atom is 0.270 e. The quantitative estimate of drug-likeness (QED) is 0.890. The number of aliphatic hydroxyl groups excluding tert-OH is 1. The smallest absolute Gasteiger partial charge is 0.270 e. The van der Waals surface area contributed by atoms with Gasteiger partial charge in [-0.3, -0.25) is 4.79 Å². The number of amides is 1. The summed E-state index contributed by atoms with van der Waals surface area (Å²) in [6.45, 7) is 4.15. The second kappa shape index (κ2) is 7.27. The zero-order valence-electron chi connectivity index (χ0n) is 13.4. The zero-order valence-corrected chi connectivity index (χ0v) is 13.4. The molecule has 22 heavy (non-hydrogen) atoms. The minimum atomic E-state index is -0.130. The number of carbonyl (C=O) groups excluding carboxylic acids is 1. The average molecular weight is 300 g/mol. The van der Waals surface area contributed by atoms with Crippen LogP contribution in [0, 0.1) is 0 Å². The fraction of sp³-hybridized carbons (Fsp3) is 0.389. The van der Waals surface area contributed by atoms with Crippen LogP contribution in [0.5, 0.6) is 0 Å². The molecule has 1 heterocycles. The van der Waals surface area contributed by atoms with Crippen molar-refractivity contribution in [2.24, 2.45) is 0 Å². The van der Waals surface area contributed by atoms with Crippen LogP contribution in [0.4, 0.5) is 0 Å². The summed E-state index contributed by atoms with van der Waals surface area (Å²) in [6, 6.07) is 13.7. The fourth-order valence-corrected chi connectivity index (χ4v) is 2.73. The monoisotopic (exact) mass is 300 g/mol. The first-order chi connectivity index (χ1) is 10.6. The predicted molar refractivity (Wildman–Crippen MR) is 87.8 cm³/mol. The van der Waals surface area contributed by atoms with Crippen molar-refractivity contribution in [1.29, 1.82) is 0 Å². The summed E-state index contributed by atoms with van der Waals surface area (Å²) in [5.41, 5.74) is 1.71. The number of rotatable bonds is 6. The summed E-state index contributed by atoms with van der Waals surface area (Å²) in [7, 11) is 1.80. The molecule has 0 saturated carbocycles. The van der Waals surface area contributed by atoms with Crippen LogP contribution in [0.2, 0.25) is 0 Å². The van der Waals surface area contributed by atoms with E-state index in [-0.39, 0.29) is 24.6 Å². The molecule has 1 N–H and O–H groups in total. The van der Waals surface area contributed by atoms with Gasteiger partial charge in [0.05, 0.1) is 6.04 Å². The van der Waals surface area contributed by atoms with Crippen LogP contribution in [0.1, 0.15) is 48.4 Å². The van der Waals surface area contributed by atoms with E-state index in [1.54, 1.807) is 11.9 Å². The van der Waals surface area contributed by atoms with Crippen LogP contribution in [-0.2, 0) is 0 Å². The Kier molecular flexibility index (Phi) is 5.39. The summed E-state index contributed by atoms with van der Waals surface area (Å²) >= 11 is 0. The Morgan fingerprint density at radius 2 is 1.86 bits per heavy atom. The molecule has 0 aliphatic heterocycles. The van der Waals surface area contributed by atoms with E-state index in [2.05, 4.69) is 13.8 Å². The number of hydrogen-bond donors (Lipinski definition) is 1. The summed E-state index contributed by atoms with van der Waals surface area (Å²) in [5, 5.41) is 9.36. The van der Waals surface area contributed by atoms with Crippen LogP contribution < -0.4 is 0 Å². The highest BCUT2D eigenvalue weighted by molar-refractivity contribution is 5.93. The van der Waals surface area contributed by atoms with Crippen LogP contribution in [-0.4, -0.2) is 34.1 Å². The van der Waals surface area contributed by atoms with E-state index < -0.39 is 0 Å². The van der Waals surface area contributed by atoms with E-state index in [0.717, 1.165) is 5.56 Å². The number of benzene rings is 1. The highest BCUT2D eigenvalue weighted by atomic mass is 16.3. The lowest BCUT2D eigenvalue weighted by molar-refractivity contribution is 0.0692. The SMILES string of the molecule is CC(C)n1cccc1C(=O)N(C)C(CCO)c1ccccc1. The molecule has 0 saturated heterocycles. The summed E-state index contributed by atoms with van der Waals surface area (Å²) in [4.78, 5) is 14.6. The van der Waals surface area contributed by atoms with Gasteiger partial charge >= 0.3 is 0 Å². The summed E-state index contributed by atoms with van der Waals surface area (Å²) in [5.74, 6) is -0.0268. The predicted octanol–water partition coefficient (Wildman–Crippen LogP) is 3.26. The third-order valence-electron chi connectivity index (χ3n) is 3.93. The Morgan fingerprint density at radius 3 is 2.45 bits per heavy atom. The minimum absolute atomic E-state index is 0.0268. The molecular formula is C18H24N2O2. The molecule has 0 spiro atoms. The van der Waals surface area contributed by atoms with Crippen molar-refractivity contribution in [2.45, 2.75) is 32.4 Å². The number of hydrogen-bond acceptors (Lipinski definition) is 2. The van der Waals surface area contributed by atoms with Crippen molar-refractivity contribution >= 4 is 5.91 Å². The molecule has 1 unspecified atom stereocenters. The maximum atomic E-state index is 12.8. The largest absolute Gasteiger partial charge is 0.396 e. The van der Waals surface area contributed by atoms with Crippen molar-refractivity contribution in [2.75, 3.05) is 13.7 Å². The van der Waals surface area contributed by atoms with Gasteiger partial charge in [-0.1, -0.05) is 30.3 Å². The van der Waals surface area contributed by atoms with Gasteiger partial charge in [0.2, 0.25) is 0 Å². The lowest BCUT2D eigenvalue weighted by Crippen LogP contribution is -2.33. The third-order valence-corrected chi connectivity index (χ3v) is 3.93.